The van der Waals surface area contributed by atoms with Crippen molar-refractivity contribution in [3.05, 3.63) is 64.4 Å². The highest BCUT2D eigenvalue weighted by atomic mass is 35.5. The third-order valence-corrected chi connectivity index (χ3v) is 5.15. The first-order valence-electron chi connectivity index (χ1n) is 9.83. The van der Waals surface area contributed by atoms with Crippen molar-refractivity contribution in [3.63, 3.8) is 0 Å². The molecule has 0 saturated heterocycles. The smallest absolute Gasteiger partial charge is 0.150 e. The van der Waals surface area contributed by atoms with Gasteiger partial charge in [-0.05, 0) is 49.2 Å². The minimum absolute atomic E-state index is 0.430. The molecule has 0 fully saturated rings. The van der Waals surface area contributed by atoms with Crippen molar-refractivity contribution >= 4 is 28.9 Å². The number of imidazole rings is 1. The molecule has 0 amide bonds. The maximum absolute atomic E-state index is 11.0. The number of H-pyrrole nitrogens is 1. The summed E-state index contributed by atoms with van der Waals surface area (Å²) < 4.78 is 7.88. The largest absolute Gasteiger partial charge is 0.493 e. The molecule has 0 saturated carbocycles. The summed E-state index contributed by atoms with van der Waals surface area (Å²) in [5, 5.41) is 5.22. The quantitative estimate of drug-likeness (QED) is 0.411. The van der Waals surface area contributed by atoms with Gasteiger partial charge in [0.05, 0.1) is 35.9 Å². The fourth-order valence-electron chi connectivity index (χ4n) is 3.29. The summed E-state index contributed by atoms with van der Waals surface area (Å²) in [4.78, 5) is 19.0. The van der Waals surface area contributed by atoms with Crippen molar-refractivity contribution in [2.75, 3.05) is 6.61 Å². The molecule has 0 radical (unpaired) electrons. The SMILES string of the molecule is Cc1c(-c2nc3cc(C=O)ccc3[nH]2)cnn1Cc1cc(Cl)ccc1OCC(C)C. The van der Waals surface area contributed by atoms with Crippen LogP contribution in [0.1, 0.15) is 35.5 Å². The van der Waals surface area contributed by atoms with Crippen LogP contribution in [-0.4, -0.2) is 32.6 Å². The van der Waals surface area contributed by atoms with Crippen LogP contribution in [0.5, 0.6) is 5.75 Å². The first-order valence-corrected chi connectivity index (χ1v) is 10.2. The molecule has 6 nitrogen and oxygen atoms in total. The van der Waals surface area contributed by atoms with Crippen molar-refractivity contribution in [2.45, 2.75) is 27.3 Å². The van der Waals surface area contributed by atoms with Gasteiger partial charge in [-0.25, -0.2) is 4.98 Å². The number of ether oxygens (including phenoxy) is 1. The number of nitrogens with zero attached hydrogens (tertiary/aromatic N) is 3. The maximum atomic E-state index is 11.0. The molecule has 0 atom stereocenters. The van der Waals surface area contributed by atoms with Gasteiger partial charge in [-0.15, -0.1) is 0 Å². The monoisotopic (exact) mass is 422 g/mol. The van der Waals surface area contributed by atoms with Crippen LogP contribution in [0.15, 0.2) is 42.6 Å². The topological polar surface area (TPSA) is 72.8 Å². The molecule has 2 heterocycles. The number of aromatic nitrogens is 4. The van der Waals surface area contributed by atoms with Gasteiger partial charge in [-0.3, -0.25) is 9.48 Å². The van der Waals surface area contributed by atoms with Gasteiger partial charge in [0.15, 0.2) is 0 Å². The molecule has 0 bridgehead atoms. The number of nitrogens with one attached hydrogen (secondary N) is 1. The molecule has 0 aliphatic rings. The highest BCUT2D eigenvalue weighted by Crippen LogP contribution is 2.27. The van der Waals surface area contributed by atoms with Gasteiger partial charge in [-0.2, -0.15) is 5.10 Å². The van der Waals surface area contributed by atoms with Crippen LogP contribution in [0, 0.1) is 12.8 Å². The van der Waals surface area contributed by atoms with Gasteiger partial charge in [-0.1, -0.05) is 25.4 Å². The van der Waals surface area contributed by atoms with Crippen LogP contribution in [0.3, 0.4) is 0 Å². The Hall–Kier alpha value is -3.12. The van der Waals surface area contributed by atoms with Crippen molar-refractivity contribution in [3.8, 4) is 17.1 Å². The molecule has 1 N–H and O–H groups in total. The summed E-state index contributed by atoms with van der Waals surface area (Å²) in [5.41, 5.74) is 5.08. The lowest BCUT2D eigenvalue weighted by atomic mass is 10.2. The Morgan fingerprint density at radius 2 is 2.07 bits per heavy atom. The Morgan fingerprint density at radius 1 is 1.23 bits per heavy atom. The Labute approximate surface area is 179 Å². The maximum Gasteiger partial charge on any atom is 0.150 e. The zero-order chi connectivity index (χ0) is 21.3. The normalized spacial score (nSPS) is 11.4. The molecule has 0 unspecified atom stereocenters. The van der Waals surface area contributed by atoms with Gasteiger partial charge in [0.2, 0.25) is 0 Å². The van der Waals surface area contributed by atoms with E-state index in [0.717, 1.165) is 45.7 Å². The van der Waals surface area contributed by atoms with Gasteiger partial charge < -0.3 is 9.72 Å². The van der Waals surface area contributed by atoms with Gasteiger partial charge in [0.25, 0.3) is 0 Å². The van der Waals surface area contributed by atoms with Crippen molar-refractivity contribution < 1.29 is 9.53 Å². The highest BCUT2D eigenvalue weighted by molar-refractivity contribution is 6.30. The fourth-order valence-corrected chi connectivity index (χ4v) is 3.49. The molecule has 0 spiro atoms. The van der Waals surface area contributed by atoms with E-state index in [-0.39, 0.29) is 0 Å². The molecule has 4 aromatic rings. The third-order valence-electron chi connectivity index (χ3n) is 4.92. The zero-order valence-electron chi connectivity index (χ0n) is 17.1. The number of carbonyl (C=O) groups is 1. The molecule has 154 valence electrons. The number of rotatable bonds is 7. The Balaban J connectivity index is 1.64. The van der Waals surface area contributed by atoms with Gasteiger partial charge in [0.1, 0.15) is 17.9 Å². The predicted octanol–water partition coefficient (Wildman–Crippen LogP) is 5.28. The van der Waals surface area contributed by atoms with E-state index < -0.39 is 0 Å². The number of hydrogen-bond donors (Lipinski definition) is 1. The Kier molecular flexibility index (Phi) is 5.59. The number of halogens is 1. The van der Waals surface area contributed by atoms with Crippen LogP contribution < -0.4 is 4.74 Å². The number of aldehydes is 1. The minimum atomic E-state index is 0.430. The van der Waals surface area contributed by atoms with Crippen molar-refractivity contribution in [2.24, 2.45) is 5.92 Å². The fraction of sp³-hybridized carbons (Fsp3) is 0.261. The number of aromatic amines is 1. The summed E-state index contributed by atoms with van der Waals surface area (Å²) in [7, 11) is 0. The van der Waals surface area contributed by atoms with E-state index in [1.807, 2.05) is 35.9 Å². The van der Waals surface area contributed by atoms with E-state index in [0.29, 0.717) is 29.7 Å². The van der Waals surface area contributed by atoms with E-state index in [1.165, 1.54) is 0 Å². The lowest BCUT2D eigenvalue weighted by Gasteiger charge is -2.14. The second-order valence-electron chi connectivity index (χ2n) is 7.74. The van der Waals surface area contributed by atoms with Crippen LogP contribution in [0.2, 0.25) is 5.02 Å². The molecule has 30 heavy (non-hydrogen) atoms. The molecule has 0 aliphatic carbocycles. The van der Waals surface area contributed by atoms with E-state index in [2.05, 4.69) is 28.9 Å². The summed E-state index contributed by atoms with van der Waals surface area (Å²) in [6.45, 7) is 7.41. The van der Waals surface area contributed by atoms with E-state index in [9.17, 15) is 4.79 Å². The Morgan fingerprint density at radius 3 is 2.83 bits per heavy atom. The standard InChI is InChI=1S/C23H23ClN4O2/c1-14(2)13-30-22-7-5-18(24)9-17(22)11-28-15(3)19(10-25-28)23-26-20-6-4-16(12-29)8-21(20)27-23/h4-10,12,14H,11,13H2,1-3H3,(H,26,27). The predicted molar refractivity (Wildman–Crippen MR) is 118 cm³/mol. The molecule has 0 aliphatic heterocycles. The number of hydrogen-bond acceptors (Lipinski definition) is 4. The summed E-state index contributed by atoms with van der Waals surface area (Å²) in [6.07, 6.45) is 2.62. The van der Waals surface area contributed by atoms with Crippen molar-refractivity contribution in [1.82, 2.24) is 19.7 Å². The number of benzene rings is 2. The molecule has 4 rings (SSSR count). The van der Waals surface area contributed by atoms with Crippen LogP contribution >= 0.6 is 11.6 Å². The molecule has 2 aromatic heterocycles. The summed E-state index contributed by atoms with van der Waals surface area (Å²) >= 11 is 6.23. The summed E-state index contributed by atoms with van der Waals surface area (Å²) in [5.74, 6) is 1.97. The molecule has 2 aromatic carbocycles. The lowest BCUT2D eigenvalue weighted by Crippen LogP contribution is -2.09. The van der Waals surface area contributed by atoms with Gasteiger partial charge in [0, 0.05) is 21.8 Å². The van der Waals surface area contributed by atoms with Crippen molar-refractivity contribution in [1.29, 1.82) is 0 Å². The molecular formula is C23H23ClN4O2. The van der Waals surface area contributed by atoms with E-state index in [4.69, 9.17) is 16.3 Å². The van der Waals surface area contributed by atoms with Crippen LogP contribution in [0.25, 0.3) is 22.4 Å². The summed E-state index contributed by atoms with van der Waals surface area (Å²) in [6, 6.07) is 11.1. The zero-order valence-corrected chi connectivity index (χ0v) is 17.9. The first-order chi connectivity index (χ1) is 14.4. The highest BCUT2D eigenvalue weighted by Gasteiger charge is 2.15. The van der Waals surface area contributed by atoms with Crippen LogP contribution in [-0.2, 0) is 6.54 Å². The average Bonchev–Trinajstić information content (AvgIpc) is 3.30. The van der Waals surface area contributed by atoms with E-state index >= 15 is 0 Å². The second kappa shape index (κ2) is 8.32. The lowest BCUT2D eigenvalue weighted by molar-refractivity contribution is 0.112. The first kappa shape index (κ1) is 20.2. The van der Waals surface area contributed by atoms with Crippen LogP contribution in [0.4, 0.5) is 0 Å². The molecule has 7 heteroatoms. The molecular weight excluding hydrogens is 400 g/mol. The number of carbonyl (C=O) groups excluding carboxylic acids is 1. The van der Waals surface area contributed by atoms with Gasteiger partial charge >= 0.3 is 0 Å². The third kappa shape index (κ3) is 4.09. The Bertz CT molecular complexity index is 1210. The van der Waals surface area contributed by atoms with E-state index in [1.54, 1.807) is 18.3 Å². The second-order valence-corrected chi connectivity index (χ2v) is 8.17. The minimum Gasteiger partial charge on any atom is -0.493 e. The number of fused-ring (bicyclic) bond motifs is 1. The average molecular weight is 423 g/mol.